The fourth-order valence-corrected chi connectivity index (χ4v) is 5.60. The van der Waals surface area contributed by atoms with Gasteiger partial charge in [0.05, 0.1) is 26.3 Å². The topological polar surface area (TPSA) is 72.8 Å². The molecule has 3 aromatic rings. The molecule has 1 saturated carbocycles. The number of nitrogens with zero attached hydrogens (tertiary/aromatic N) is 2. The highest BCUT2D eigenvalue weighted by Crippen LogP contribution is 2.40. The average Bonchev–Trinajstić information content (AvgIpc) is 3.52. The van der Waals surface area contributed by atoms with Gasteiger partial charge < -0.3 is 24.3 Å². The first kappa shape index (κ1) is 23.3. The van der Waals surface area contributed by atoms with Crippen LogP contribution in [0, 0.1) is 0 Å². The Morgan fingerprint density at radius 3 is 2.43 bits per heavy atom. The minimum absolute atomic E-state index is 0.0971. The van der Waals surface area contributed by atoms with Crippen molar-refractivity contribution in [1.29, 1.82) is 0 Å². The van der Waals surface area contributed by atoms with Gasteiger partial charge in [-0.15, -0.1) is 0 Å². The number of benzene rings is 2. The second-order valence-corrected chi connectivity index (χ2v) is 9.77. The molecule has 1 fully saturated rings. The lowest BCUT2D eigenvalue weighted by molar-refractivity contribution is -0.133. The van der Waals surface area contributed by atoms with E-state index in [0.29, 0.717) is 36.7 Å². The normalized spacial score (nSPS) is 20.2. The number of carbonyl (C=O) groups is 2. The molecule has 1 N–H and O–H groups in total. The Kier molecular flexibility index (Phi) is 6.17. The number of amides is 2. The second-order valence-electron chi connectivity index (χ2n) is 9.77. The van der Waals surface area contributed by atoms with Crippen LogP contribution in [0.15, 0.2) is 48.5 Å². The Morgan fingerprint density at radius 1 is 1.06 bits per heavy atom. The summed E-state index contributed by atoms with van der Waals surface area (Å²) >= 11 is 0. The molecule has 184 valence electrons. The Hall–Kier alpha value is -3.48. The number of rotatable bonds is 7. The van der Waals surface area contributed by atoms with Gasteiger partial charge in [0, 0.05) is 18.0 Å². The first-order chi connectivity index (χ1) is 17.0. The van der Waals surface area contributed by atoms with Crippen molar-refractivity contribution in [3.8, 4) is 11.5 Å². The predicted octanol–water partition coefficient (Wildman–Crippen LogP) is 4.17. The lowest BCUT2D eigenvalue weighted by Crippen LogP contribution is -2.65. The molecule has 35 heavy (non-hydrogen) atoms. The number of nitrogens with one attached hydrogen (secondary N) is 1. The van der Waals surface area contributed by atoms with Gasteiger partial charge in [0.2, 0.25) is 5.91 Å². The molecule has 5 rings (SSSR count). The van der Waals surface area contributed by atoms with Crippen LogP contribution in [-0.2, 0) is 17.8 Å². The largest absolute Gasteiger partial charge is 0.496 e. The molecule has 1 aliphatic heterocycles. The molecule has 0 bridgehead atoms. The van der Waals surface area contributed by atoms with E-state index in [9.17, 15) is 9.59 Å². The van der Waals surface area contributed by atoms with Crippen LogP contribution in [0.3, 0.4) is 0 Å². The van der Waals surface area contributed by atoms with Gasteiger partial charge in [-0.3, -0.25) is 9.59 Å². The van der Waals surface area contributed by atoms with Crippen molar-refractivity contribution in [2.45, 2.75) is 57.2 Å². The molecular formula is C28H33N3O4. The van der Waals surface area contributed by atoms with E-state index in [2.05, 4.69) is 17.4 Å². The quantitative estimate of drug-likeness (QED) is 0.557. The van der Waals surface area contributed by atoms with Crippen LogP contribution >= 0.6 is 0 Å². The Labute approximate surface area is 206 Å². The summed E-state index contributed by atoms with van der Waals surface area (Å²) < 4.78 is 13.2. The van der Waals surface area contributed by atoms with Gasteiger partial charge in [0.1, 0.15) is 22.7 Å². The van der Waals surface area contributed by atoms with E-state index in [1.165, 1.54) is 0 Å². The van der Waals surface area contributed by atoms with Crippen molar-refractivity contribution in [1.82, 2.24) is 14.8 Å². The molecule has 2 heterocycles. The first-order valence-electron chi connectivity index (χ1n) is 12.4. The molecule has 0 spiro atoms. The Balaban J connectivity index is 1.58. The van der Waals surface area contributed by atoms with E-state index >= 15 is 0 Å². The maximum atomic E-state index is 14.0. The summed E-state index contributed by atoms with van der Waals surface area (Å²) in [6.07, 6.45) is 4.90. The third-order valence-electron chi connectivity index (χ3n) is 7.59. The van der Waals surface area contributed by atoms with E-state index in [1.807, 2.05) is 47.9 Å². The highest BCUT2D eigenvalue weighted by atomic mass is 16.5. The summed E-state index contributed by atoms with van der Waals surface area (Å²) in [7, 11) is 3.23. The summed E-state index contributed by atoms with van der Waals surface area (Å²) in [4.78, 5) is 29.6. The minimum Gasteiger partial charge on any atom is -0.496 e. The van der Waals surface area contributed by atoms with Crippen LogP contribution in [0.25, 0.3) is 10.9 Å². The van der Waals surface area contributed by atoms with Crippen molar-refractivity contribution in [3.05, 3.63) is 59.8 Å². The number of hydrogen-bond acceptors (Lipinski definition) is 4. The fraction of sp³-hybridized carbons (Fsp3) is 0.429. The molecule has 2 amide bonds. The summed E-state index contributed by atoms with van der Waals surface area (Å²) in [5, 5.41) is 4.06. The standard InChI is InChI=1S/C28H33N3O4/c1-28(27(33)29-20-11-7-8-12-20)18-30-22(17-21-23(34-2)13-14-24(35-3)25(21)30)26(32)31(28)16-15-19-9-5-4-6-10-19/h4-6,9-10,13-14,17,20H,7-8,11-12,15-16,18H2,1-3H3,(H,29,33). The van der Waals surface area contributed by atoms with E-state index in [0.717, 1.165) is 42.1 Å². The predicted molar refractivity (Wildman–Crippen MR) is 135 cm³/mol. The van der Waals surface area contributed by atoms with Crippen LogP contribution in [0.4, 0.5) is 0 Å². The van der Waals surface area contributed by atoms with Crippen LogP contribution in [0.5, 0.6) is 11.5 Å². The molecule has 7 nitrogen and oxygen atoms in total. The van der Waals surface area contributed by atoms with E-state index in [-0.39, 0.29) is 17.9 Å². The molecule has 1 unspecified atom stereocenters. The van der Waals surface area contributed by atoms with Gasteiger partial charge in [-0.1, -0.05) is 43.2 Å². The van der Waals surface area contributed by atoms with Crippen LogP contribution in [-0.4, -0.2) is 53.6 Å². The highest BCUT2D eigenvalue weighted by molar-refractivity contribution is 6.06. The summed E-state index contributed by atoms with van der Waals surface area (Å²) in [6.45, 7) is 2.68. The SMILES string of the molecule is COc1ccc(OC)c2c1cc1n2CC(C)(C(=O)NC2CCCC2)N(CCc2ccccc2)C1=O. The molecular weight excluding hydrogens is 442 g/mol. The van der Waals surface area contributed by atoms with E-state index < -0.39 is 5.54 Å². The molecule has 7 heteroatoms. The molecule has 0 saturated heterocycles. The fourth-order valence-electron chi connectivity index (χ4n) is 5.60. The smallest absolute Gasteiger partial charge is 0.271 e. The third-order valence-corrected chi connectivity index (χ3v) is 7.59. The second kappa shape index (κ2) is 9.29. The summed E-state index contributed by atoms with van der Waals surface area (Å²) in [5.74, 6) is 1.07. The molecule has 2 aromatic carbocycles. The van der Waals surface area contributed by atoms with Crippen molar-refractivity contribution in [2.24, 2.45) is 0 Å². The zero-order valence-electron chi connectivity index (χ0n) is 20.7. The van der Waals surface area contributed by atoms with Gasteiger partial charge in [-0.2, -0.15) is 0 Å². The van der Waals surface area contributed by atoms with Gasteiger partial charge in [-0.25, -0.2) is 0 Å². The van der Waals surface area contributed by atoms with Gasteiger partial charge in [0.25, 0.3) is 5.91 Å². The zero-order chi connectivity index (χ0) is 24.6. The molecule has 1 aliphatic carbocycles. The third kappa shape index (κ3) is 4.03. The van der Waals surface area contributed by atoms with Crippen molar-refractivity contribution >= 4 is 22.7 Å². The van der Waals surface area contributed by atoms with Crippen LogP contribution in [0.2, 0.25) is 0 Å². The number of fused-ring (bicyclic) bond motifs is 3. The summed E-state index contributed by atoms with van der Waals surface area (Å²) in [5.41, 5.74) is 1.41. The number of aromatic nitrogens is 1. The molecule has 2 aliphatic rings. The molecule has 1 atom stereocenters. The van der Waals surface area contributed by atoms with Gasteiger partial charge in [-0.05, 0) is 49.9 Å². The number of methoxy groups -OCH3 is 2. The van der Waals surface area contributed by atoms with E-state index in [1.54, 1.807) is 19.1 Å². The zero-order valence-corrected chi connectivity index (χ0v) is 20.7. The van der Waals surface area contributed by atoms with Crippen LogP contribution in [0.1, 0.15) is 48.7 Å². The van der Waals surface area contributed by atoms with Gasteiger partial charge in [0.15, 0.2) is 0 Å². The van der Waals surface area contributed by atoms with Crippen LogP contribution < -0.4 is 14.8 Å². The maximum absolute atomic E-state index is 14.0. The summed E-state index contributed by atoms with van der Waals surface area (Å²) in [6, 6.07) is 15.8. The number of hydrogen-bond donors (Lipinski definition) is 1. The Morgan fingerprint density at radius 2 is 1.74 bits per heavy atom. The van der Waals surface area contributed by atoms with Crippen molar-refractivity contribution in [3.63, 3.8) is 0 Å². The monoisotopic (exact) mass is 475 g/mol. The number of ether oxygens (including phenoxy) is 2. The lowest BCUT2D eigenvalue weighted by atomic mass is 9.93. The lowest BCUT2D eigenvalue weighted by Gasteiger charge is -2.44. The molecule has 1 aromatic heterocycles. The van der Waals surface area contributed by atoms with E-state index in [4.69, 9.17) is 9.47 Å². The Bertz CT molecular complexity index is 1250. The van der Waals surface area contributed by atoms with Crippen molar-refractivity contribution < 1.29 is 19.1 Å². The first-order valence-corrected chi connectivity index (χ1v) is 12.4. The molecule has 0 radical (unpaired) electrons. The van der Waals surface area contributed by atoms with Gasteiger partial charge >= 0.3 is 0 Å². The maximum Gasteiger partial charge on any atom is 0.271 e. The van der Waals surface area contributed by atoms with Crippen molar-refractivity contribution in [2.75, 3.05) is 20.8 Å². The number of carbonyl (C=O) groups excluding carboxylic acids is 2. The average molecular weight is 476 g/mol. The minimum atomic E-state index is -1.04. The highest BCUT2D eigenvalue weighted by Gasteiger charge is 2.48.